The number of hydrogen-bond acceptors (Lipinski definition) is 2. The number of hydrogen-bond donors (Lipinski definition) is 2. The first-order valence-corrected chi connectivity index (χ1v) is 6.86. The molecule has 3 N–H and O–H groups in total. The predicted octanol–water partition coefficient (Wildman–Crippen LogP) is -1.09. The van der Waals surface area contributed by atoms with Crippen LogP contribution in [0.4, 0.5) is 0 Å². The molecule has 1 aromatic heterocycles. The summed E-state index contributed by atoms with van der Waals surface area (Å²) < 4.78 is 1.93. The molecule has 20 heavy (non-hydrogen) atoms. The second-order valence-electron chi connectivity index (χ2n) is 5.47. The van der Waals surface area contributed by atoms with Gasteiger partial charge >= 0.3 is 0 Å². The number of piperidine rings is 1. The van der Waals surface area contributed by atoms with Crippen molar-refractivity contribution >= 4 is 30.8 Å². The van der Waals surface area contributed by atoms with Gasteiger partial charge in [-0.3, -0.25) is 4.79 Å². The highest BCUT2D eigenvalue weighted by Crippen LogP contribution is 2.18. The lowest BCUT2D eigenvalue weighted by Gasteiger charge is -2.25. The number of fused-ring (bicyclic) bond motifs is 1. The minimum atomic E-state index is -0.271. The average Bonchev–Trinajstić information content (AvgIpc) is 2.64. The zero-order chi connectivity index (χ0) is 14.4. The lowest BCUT2D eigenvalue weighted by atomic mass is 10.0. The van der Waals surface area contributed by atoms with Gasteiger partial charge in [0, 0.05) is 32.5 Å². The standard InChI is InChI=1S/C16H19N3O/c1-9-7-8-14(16(20)18-9)19-10(2)12-5-4-6-13(17)15(12)11(19)3/h5,14H,1-4,6-8,17H2,(H,18,20). The predicted molar refractivity (Wildman–Crippen MR) is 80.8 cm³/mol. The lowest BCUT2D eigenvalue weighted by molar-refractivity contribution is -0.124. The van der Waals surface area contributed by atoms with Crippen molar-refractivity contribution in [3.05, 3.63) is 33.4 Å². The molecule has 1 aliphatic carbocycles. The molecular formula is C16H19N3O. The van der Waals surface area contributed by atoms with E-state index in [0.29, 0.717) is 0 Å². The van der Waals surface area contributed by atoms with Crippen LogP contribution in [0.3, 0.4) is 0 Å². The molecule has 3 rings (SSSR count). The van der Waals surface area contributed by atoms with Crippen molar-refractivity contribution in [1.82, 2.24) is 9.88 Å². The molecular weight excluding hydrogens is 250 g/mol. The average molecular weight is 269 g/mol. The van der Waals surface area contributed by atoms with Crippen LogP contribution in [0.2, 0.25) is 0 Å². The van der Waals surface area contributed by atoms with Gasteiger partial charge in [0.1, 0.15) is 6.04 Å². The van der Waals surface area contributed by atoms with Crippen molar-refractivity contribution in [1.29, 1.82) is 0 Å². The second-order valence-corrected chi connectivity index (χ2v) is 5.47. The van der Waals surface area contributed by atoms with Crippen LogP contribution >= 0.6 is 0 Å². The van der Waals surface area contributed by atoms with Crippen LogP contribution in [-0.2, 0) is 4.79 Å². The summed E-state index contributed by atoms with van der Waals surface area (Å²) in [5, 5.41) is 6.46. The summed E-state index contributed by atoms with van der Waals surface area (Å²) in [7, 11) is 0. The van der Waals surface area contributed by atoms with Gasteiger partial charge in [0.2, 0.25) is 5.91 Å². The normalized spacial score (nSPS) is 22.2. The van der Waals surface area contributed by atoms with E-state index in [-0.39, 0.29) is 11.9 Å². The third kappa shape index (κ3) is 1.72. The van der Waals surface area contributed by atoms with Crippen molar-refractivity contribution in [2.75, 3.05) is 0 Å². The second kappa shape index (κ2) is 4.40. The van der Waals surface area contributed by atoms with Gasteiger partial charge in [0.05, 0.1) is 0 Å². The van der Waals surface area contributed by atoms with E-state index < -0.39 is 0 Å². The summed E-state index contributed by atoms with van der Waals surface area (Å²) in [6, 6.07) is -0.271. The first-order valence-electron chi connectivity index (χ1n) is 6.86. The maximum atomic E-state index is 12.2. The summed E-state index contributed by atoms with van der Waals surface area (Å²) in [6.07, 6.45) is 5.40. The van der Waals surface area contributed by atoms with Gasteiger partial charge in [0.15, 0.2) is 0 Å². The zero-order valence-electron chi connectivity index (χ0n) is 11.5. The van der Waals surface area contributed by atoms with Gasteiger partial charge in [-0.15, -0.1) is 0 Å². The summed E-state index contributed by atoms with van der Waals surface area (Å²) >= 11 is 0. The van der Waals surface area contributed by atoms with E-state index in [4.69, 9.17) is 5.73 Å². The van der Waals surface area contributed by atoms with Gasteiger partial charge in [-0.2, -0.15) is 0 Å². The highest BCUT2D eigenvalue weighted by Gasteiger charge is 2.26. The molecule has 1 amide bonds. The van der Waals surface area contributed by atoms with Gasteiger partial charge in [-0.1, -0.05) is 25.8 Å². The molecule has 4 heteroatoms. The fraction of sp³-hybridized carbons (Fsp3) is 0.312. The third-order valence-electron chi connectivity index (χ3n) is 4.17. The molecule has 0 bridgehead atoms. The molecule has 2 heterocycles. The molecule has 1 aliphatic heterocycles. The van der Waals surface area contributed by atoms with Gasteiger partial charge in [-0.25, -0.2) is 0 Å². The molecule has 104 valence electrons. The SMILES string of the molecule is C=C1CCC(n2c(=C)c3c(c2=C)=C(N)CCC=3)C(=O)N1. The summed E-state index contributed by atoms with van der Waals surface area (Å²) in [5.74, 6) is -0.0398. The molecule has 4 nitrogen and oxygen atoms in total. The Morgan fingerprint density at radius 1 is 1.25 bits per heavy atom. The molecule has 1 fully saturated rings. The summed E-state index contributed by atoms with van der Waals surface area (Å²) in [5.41, 5.74) is 7.74. The smallest absolute Gasteiger partial charge is 0.247 e. The van der Waals surface area contributed by atoms with Crippen molar-refractivity contribution in [2.24, 2.45) is 5.73 Å². The van der Waals surface area contributed by atoms with Crippen molar-refractivity contribution in [3.8, 4) is 0 Å². The van der Waals surface area contributed by atoms with Crippen LogP contribution in [0, 0.1) is 0 Å². The van der Waals surface area contributed by atoms with Crippen LogP contribution < -0.4 is 32.2 Å². The van der Waals surface area contributed by atoms with E-state index in [1.807, 2.05) is 4.57 Å². The van der Waals surface area contributed by atoms with Crippen molar-refractivity contribution in [3.63, 3.8) is 0 Å². The van der Waals surface area contributed by atoms with Gasteiger partial charge in [0.25, 0.3) is 0 Å². The molecule has 2 aliphatic rings. The number of carbonyl (C=O) groups is 1. The third-order valence-corrected chi connectivity index (χ3v) is 4.17. The van der Waals surface area contributed by atoms with Crippen molar-refractivity contribution < 1.29 is 4.79 Å². The zero-order valence-corrected chi connectivity index (χ0v) is 11.5. The van der Waals surface area contributed by atoms with Gasteiger partial charge in [-0.05, 0) is 25.7 Å². The molecule has 1 unspecified atom stereocenters. The quantitative estimate of drug-likeness (QED) is 0.681. The monoisotopic (exact) mass is 269 g/mol. The number of carbonyl (C=O) groups excluding carboxylic acids is 1. The highest BCUT2D eigenvalue weighted by molar-refractivity contribution is 5.83. The van der Waals surface area contributed by atoms with Crippen LogP contribution in [0.15, 0.2) is 12.3 Å². The minimum absolute atomic E-state index is 0.0398. The van der Waals surface area contributed by atoms with Crippen LogP contribution in [-0.4, -0.2) is 10.5 Å². The first-order chi connectivity index (χ1) is 9.50. The highest BCUT2D eigenvalue weighted by atomic mass is 16.2. The Bertz CT molecular complexity index is 829. The number of rotatable bonds is 1. The Balaban J connectivity index is 2.26. The Morgan fingerprint density at radius 2 is 2.00 bits per heavy atom. The van der Waals surface area contributed by atoms with E-state index in [1.165, 1.54) is 0 Å². The Kier molecular flexibility index (Phi) is 2.82. The minimum Gasteiger partial charge on any atom is -0.401 e. The maximum Gasteiger partial charge on any atom is 0.247 e. The van der Waals surface area contributed by atoms with E-state index >= 15 is 0 Å². The lowest BCUT2D eigenvalue weighted by Crippen LogP contribution is -2.44. The molecule has 0 spiro atoms. The molecule has 0 aromatic carbocycles. The number of nitrogens with zero attached hydrogens (tertiary/aromatic N) is 1. The summed E-state index contributed by atoms with van der Waals surface area (Å²) in [6.45, 7) is 12.1. The molecule has 0 radical (unpaired) electrons. The Labute approximate surface area is 117 Å². The largest absolute Gasteiger partial charge is 0.401 e. The van der Waals surface area contributed by atoms with Crippen LogP contribution in [0.25, 0.3) is 24.9 Å². The van der Waals surface area contributed by atoms with Crippen molar-refractivity contribution in [2.45, 2.75) is 31.7 Å². The van der Waals surface area contributed by atoms with E-state index in [2.05, 4.69) is 31.1 Å². The Morgan fingerprint density at radius 3 is 2.65 bits per heavy atom. The van der Waals surface area contributed by atoms with Crippen LogP contribution in [0.1, 0.15) is 31.7 Å². The van der Waals surface area contributed by atoms with E-state index in [0.717, 1.165) is 58.2 Å². The number of nitrogens with one attached hydrogen (secondary N) is 1. The van der Waals surface area contributed by atoms with E-state index in [1.54, 1.807) is 0 Å². The first kappa shape index (κ1) is 12.8. The fourth-order valence-corrected chi connectivity index (χ4v) is 3.17. The number of nitrogens with two attached hydrogens (primary N) is 1. The molecule has 1 aromatic rings. The maximum absolute atomic E-state index is 12.2. The van der Waals surface area contributed by atoms with Crippen LogP contribution in [0.5, 0.6) is 0 Å². The summed E-state index contributed by atoms with van der Waals surface area (Å²) in [4.78, 5) is 12.2. The molecule has 1 atom stereocenters. The number of amides is 1. The fourth-order valence-electron chi connectivity index (χ4n) is 3.17. The number of allylic oxidation sites excluding steroid dienone is 1. The van der Waals surface area contributed by atoms with E-state index in [9.17, 15) is 4.79 Å². The Hall–Kier alpha value is -2.23. The van der Waals surface area contributed by atoms with Gasteiger partial charge < -0.3 is 15.6 Å². The molecule has 1 saturated heterocycles. The molecule has 0 saturated carbocycles. The topological polar surface area (TPSA) is 60.0 Å². The number of aromatic nitrogens is 1.